The van der Waals surface area contributed by atoms with Crippen LogP contribution in [-0.2, 0) is 0 Å². The number of fused-ring (bicyclic) bond motifs is 3. The number of hydrogen-bond acceptors (Lipinski definition) is 3. The van der Waals surface area contributed by atoms with Crippen molar-refractivity contribution >= 4 is 28.2 Å². The number of aryl methyl sites for hydroxylation is 2. The number of H-pyrrole nitrogens is 1. The first kappa shape index (κ1) is 10.3. The van der Waals surface area contributed by atoms with Gasteiger partial charge in [0.05, 0.1) is 5.52 Å². The number of nitrogens with one attached hydrogen (secondary N) is 1. The van der Waals surface area contributed by atoms with E-state index in [1.165, 1.54) is 4.52 Å². The minimum absolute atomic E-state index is 0.293. The average molecular weight is 249 g/mol. The van der Waals surface area contributed by atoms with Gasteiger partial charge in [-0.1, -0.05) is 11.6 Å². The average Bonchev–Trinajstić information content (AvgIpc) is 2.63. The molecule has 0 amide bonds. The standard InChI is InChI=1S/C11H9ClN4O/c1-5-3-7(12)4-8-9(5)14-11(17)16-10(8)13-6(2)15-16/h3-4H,1-2H3,(H,14,17). The maximum absolute atomic E-state index is 11.8. The second-order valence-electron chi connectivity index (χ2n) is 3.97. The van der Waals surface area contributed by atoms with Gasteiger partial charge in [-0.05, 0) is 31.5 Å². The van der Waals surface area contributed by atoms with E-state index in [4.69, 9.17) is 11.6 Å². The Bertz CT molecular complexity index is 802. The lowest BCUT2D eigenvalue weighted by Crippen LogP contribution is -2.17. The van der Waals surface area contributed by atoms with Crippen molar-refractivity contribution in [2.24, 2.45) is 0 Å². The van der Waals surface area contributed by atoms with E-state index < -0.39 is 0 Å². The molecule has 2 heterocycles. The molecule has 0 unspecified atom stereocenters. The van der Waals surface area contributed by atoms with Crippen molar-refractivity contribution in [2.75, 3.05) is 0 Å². The largest absolute Gasteiger partial charge is 0.348 e. The van der Waals surface area contributed by atoms with E-state index in [1.54, 1.807) is 19.1 Å². The molecule has 0 aliphatic heterocycles. The number of hydrogen-bond donors (Lipinski definition) is 1. The molecule has 5 nitrogen and oxygen atoms in total. The maximum Gasteiger partial charge on any atom is 0.348 e. The summed E-state index contributed by atoms with van der Waals surface area (Å²) in [5.41, 5.74) is 1.90. The molecule has 2 aromatic heterocycles. The van der Waals surface area contributed by atoms with Crippen LogP contribution >= 0.6 is 11.6 Å². The first-order chi connectivity index (χ1) is 8.06. The summed E-state index contributed by atoms with van der Waals surface area (Å²) in [6, 6.07) is 3.59. The topological polar surface area (TPSA) is 63.0 Å². The number of aromatic nitrogens is 4. The van der Waals surface area contributed by atoms with Crippen molar-refractivity contribution in [1.29, 1.82) is 0 Å². The molecule has 0 aliphatic rings. The molecule has 3 rings (SSSR count). The fourth-order valence-electron chi connectivity index (χ4n) is 1.98. The monoisotopic (exact) mass is 248 g/mol. The van der Waals surface area contributed by atoms with Crippen LogP contribution < -0.4 is 5.69 Å². The molecule has 0 radical (unpaired) electrons. The molecule has 0 spiro atoms. The SMILES string of the molecule is Cc1nc2c3cc(Cl)cc(C)c3[nH]c(=O)n2n1. The summed E-state index contributed by atoms with van der Waals surface area (Å²) in [5, 5.41) is 5.46. The molecular formula is C11H9ClN4O. The van der Waals surface area contributed by atoms with E-state index in [1.807, 2.05) is 6.92 Å². The molecule has 0 saturated heterocycles. The Morgan fingerprint density at radius 1 is 1.35 bits per heavy atom. The van der Waals surface area contributed by atoms with Crippen LogP contribution in [0.15, 0.2) is 16.9 Å². The molecule has 0 aliphatic carbocycles. The van der Waals surface area contributed by atoms with Crippen LogP contribution in [0.2, 0.25) is 5.02 Å². The summed E-state index contributed by atoms with van der Waals surface area (Å²) in [5.74, 6) is 0.556. The van der Waals surface area contributed by atoms with E-state index in [-0.39, 0.29) is 5.69 Å². The van der Waals surface area contributed by atoms with Crippen molar-refractivity contribution in [1.82, 2.24) is 19.6 Å². The number of benzene rings is 1. The fourth-order valence-corrected chi connectivity index (χ4v) is 2.25. The molecule has 1 aromatic carbocycles. The zero-order valence-corrected chi connectivity index (χ0v) is 10.0. The minimum atomic E-state index is -0.293. The smallest absolute Gasteiger partial charge is 0.305 e. The van der Waals surface area contributed by atoms with E-state index in [0.717, 1.165) is 16.5 Å². The lowest BCUT2D eigenvalue weighted by Gasteiger charge is -2.03. The highest BCUT2D eigenvalue weighted by Crippen LogP contribution is 2.23. The third-order valence-electron chi connectivity index (χ3n) is 2.68. The first-order valence-electron chi connectivity index (χ1n) is 5.12. The Hall–Kier alpha value is -1.88. The molecular weight excluding hydrogens is 240 g/mol. The molecule has 0 bridgehead atoms. The lowest BCUT2D eigenvalue weighted by molar-refractivity contribution is 0.863. The minimum Gasteiger partial charge on any atom is -0.305 e. The van der Waals surface area contributed by atoms with Crippen LogP contribution in [0.4, 0.5) is 0 Å². The third kappa shape index (κ3) is 1.43. The molecule has 1 N–H and O–H groups in total. The molecule has 86 valence electrons. The molecule has 6 heteroatoms. The van der Waals surface area contributed by atoms with Gasteiger partial charge in [0.25, 0.3) is 0 Å². The lowest BCUT2D eigenvalue weighted by atomic mass is 10.1. The van der Waals surface area contributed by atoms with Crippen LogP contribution in [0.5, 0.6) is 0 Å². The van der Waals surface area contributed by atoms with Crippen molar-refractivity contribution in [3.05, 3.63) is 39.0 Å². The number of nitrogens with zero attached hydrogens (tertiary/aromatic N) is 3. The van der Waals surface area contributed by atoms with E-state index >= 15 is 0 Å². The fraction of sp³-hybridized carbons (Fsp3) is 0.182. The highest BCUT2D eigenvalue weighted by molar-refractivity contribution is 6.31. The Morgan fingerprint density at radius 2 is 2.12 bits per heavy atom. The van der Waals surface area contributed by atoms with Crippen LogP contribution in [0, 0.1) is 13.8 Å². The molecule has 0 fully saturated rings. The summed E-state index contributed by atoms with van der Waals surface area (Å²) in [7, 11) is 0. The van der Waals surface area contributed by atoms with Gasteiger partial charge in [-0.3, -0.25) is 0 Å². The molecule has 3 aromatic rings. The van der Waals surface area contributed by atoms with Crippen molar-refractivity contribution in [2.45, 2.75) is 13.8 Å². The van der Waals surface area contributed by atoms with Gasteiger partial charge in [0.2, 0.25) is 0 Å². The van der Waals surface area contributed by atoms with Crippen molar-refractivity contribution in [3.63, 3.8) is 0 Å². The zero-order chi connectivity index (χ0) is 12.2. The maximum atomic E-state index is 11.8. The molecule has 0 atom stereocenters. The number of halogens is 1. The van der Waals surface area contributed by atoms with Gasteiger partial charge in [-0.2, -0.15) is 4.52 Å². The predicted octanol–water partition coefficient (Wildman–Crippen LogP) is 1.84. The number of aromatic amines is 1. The van der Waals surface area contributed by atoms with Crippen LogP contribution in [0.3, 0.4) is 0 Å². The predicted molar refractivity (Wildman–Crippen MR) is 65.6 cm³/mol. The van der Waals surface area contributed by atoms with Gasteiger partial charge in [-0.15, -0.1) is 5.10 Å². The van der Waals surface area contributed by atoms with Gasteiger partial charge < -0.3 is 4.98 Å². The van der Waals surface area contributed by atoms with E-state index in [2.05, 4.69) is 15.1 Å². The molecule has 0 saturated carbocycles. The second-order valence-corrected chi connectivity index (χ2v) is 4.41. The van der Waals surface area contributed by atoms with Gasteiger partial charge in [0.15, 0.2) is 5.65 Å². The summed E-state index contributed by atoms with van der Waals surface area (Å²) >= 11 is 6.02. The van der Waals surface area contributed by atoms with Crippen molar-refractivity contribution in [3.8, 4) is 0 Å². The summed E-state index contributed by atoms with van der Waals surface area (Å²) in [4.78, 5) is 18.9. The third-order valence-corrected chi connectivity index (χ3v) is 2.90. The van der Waals surface area contributed by atoms with Gasteiger partial charge in [-0.25, -0.2) is 9.78 Å². The first-order valence-corrected chi connectivity index (χ1v) is 5.49. The Labute approximate surface area is 101 Å². The summed E-state index contributed by atoms with van der Waals surface area (Å²) in [6.45, 7) is 3.64. The van der Waals surface area contributed by atoms with Crippen molar-refractivity contribution < 1.29 is 0 Å². The normalized spacial score (nSPS) is 11.5. The second kappa shape index (κ2) is 3.30. The Balaban J connectivity index is 2.67. The van der Waals surface area contributed by atoms with Gasteiger partial charge in [0.1, 0.15) is 5.82 Å². The quantitative estimate of drug-likeness (QED) is 0.660. The van der Waals surface area contributed by atoms with Crippen LogP contribution in [0.1, 0.15) is 11.4 Å². The van der Waals surface area contributed by atoms with Crippen LogP contribution in [-0.4, -0.2) is 19.6 Å². The number of rotatable bonds is 0. The van der Waals surface area contributed by atoms with E-state index in [9.17, 15) is 4.79 Å². The Morgan fingerprint density at radius 3 is 2.88 bits per heavy atom. The molecule has 17 heavy (non-hydrogen) atoms. The van der Waals surface area contributed by atoms with E-state index in [0.29, 0.717) is 16.5 Å². The zero-order valence-electron chi connectivity index (χ0n) is 9.28. The highest BCUT2D eigenvalue weighted by Gasteiger charge is 2.10. The summed E-state index contributed by atoms with van der Waals surface area (Å²) in [6.07, 6.45) is 0. The van der Waals surface area contributed by atoms with Gasteiger partial charge in [0, 0.05) is 10.4 Å². The van der Waals surface area contributed by atoms with Crippen LogP contribution in [0.25, 0.3) is 16.6 Å². The highest BCUT2D eigenvalue weighted by atomic mass is 35.5. The Kier molecular flexibility index (Phi) is 2.00. The summed E-state index contributed by atoms with van der Waals surface area (Å²) < 4.78 is 1.26. The van der Waals surface area contributed by atoms with Gasteiger partial charge >= 0.3 is 5.69 Å².